The Morgan fingerprint density at radius 3 is 0.708 bits per heavy atom. The van der Waals surface area contributed by atoms with Crippen LogP contribution in [-0.2, 0) is 65.4 Å². The Balaban J connectivity index is 5.19. The molecule has 0 amide bonds. The van der Waals surface area contributed by atoms with E-state index in [1.807, 2.05) is 0 Å². The predicted molar refractivity (Wildman–Crippen MR) is 391 cm³/mol. The van der Waals surface area contributed by atoms with Crippen molar-refractivity contribution >= 4 is 39.5 Å². The number of aliphatic hydroxyl groups excluding tert-OH is 1. The van der Waals surface area contributed by atoms with Crippen molar-refractivity contribution in [1.29, 1.82) is 0 Å². The van der Waals surface area contributed by atoms with Crippen LogP contribution in [-0.4, -0.2) is 96.7 Å². The molecule has 0 aromatic rings. The summed E-state index contributed by atoms with van der Waals surface area (Å²) in [5, 5.41) is 10.6. The Kier molecular flexibility index (Phi) is 68.7. The van der Waals surface area contributed by atoms with Gasteiger partial charge in [0.25, 0.3) is 0 Å². The number of phosphoric acid groups is 2. The van der Waals surface area contributed by atoms with Crippen LogP contribution in [0.1, 0.15) is 407 Å². The normalized spacial score (nSPS) is 13.9. The molecule has 0 aliphatic rings. The number of ether oxygens (including phenoxy) is 4. The minimum atomic E-state index is -4.96. The third-order valence-corrected chi connectivity index (χ3v) is 19.9. The van der Waals surface area contributed by atoms with Gasteiger partial charge in [-0.15, -0.1) is 0 Å². The van der Waals surface area contributed by atoms with Crippen LogP contribution in [0.15, 0.2) is 0 Å². The summed E-state index contributed by atoms with van der Waals surface area (Å²) < 4.78 is 68.5. The Morgan fingerprint density at radius 1 is 0.281 bits per heavy atom. The van der Waals surface area contributed by atoms with E-state index in [2.05, 4.69) is 34.6 Å². The third kappa shape index (κ3) is 70.5. The fourth-order valence-corrected chi connectivity index (χ4v) is 13.5. The number of phosphoric ester groups is 2. The van der Waals surface area contributed by atoms with Gasteiger partial charge in [0, 0.05) is 25.7 Å². The molecule has 5 atom stereocenters. The summed E-state index contributed by atoms with van der Waals surface area (Å²) in [6.45, 7) is 7.27. The largest absolute Gasteiger partial charge is 0.472 e. The van der Waals surface area contributed by atoms with Crippen molar-refractivity contribution in [2.24, 2.45) is 5.92 Å². The standard InChI is InChI=1S/C77H150O17P2/c1-6-9-12-15-18-21-24-26-27-28-29-30-31-32-33-34-37-42-48-53-58-63-77(82)94-73(67-88-75(80)61-56-51-46-43-38-39-44-49-54-59-70(4)5)69-92-96(85,86)90-65-71(78)64-89-95(83,84)91-68-72(66-87-74(79)60-55-50-45-40-35-23-20-17-14-11-8-3)93-76(81)62-57-52-47-41-36-25-22-19-16-13-10-7-2/h70-73,78H,6-69H2,1-5H3,(H,83,84)(H,85,86)/t71-,72+,73+/m0/s1. The Morgan fingerprint density at radius 2 is 0.479 bits per heavy atom. The van der Waals surface area contributed by atoms with Crippen molar-refractivity contribution in [2.75, 3.05) is 39.6 Å². The van der Waals surface area contributed by atoms with Crippen LogP contribution in [0.4, 0.5) is 0 Å². The molecular weight excluding hydrogens is 1260 g/mol. The molecule has 570 valence electrons. The van der Waals surface area contributed by atoms with E-state index in [9.17, 15) is 43.2 Å². The molecule has 0 fully saturated rings. The number of carbonyl (C=O) groups is 4. The maximum Gasteiger partial charge on any atom is 0.472 e. The first-order valence-electron chi connectivity index (χ1n) is 40.1. The van der Waals surface area contributed by atoms with E-state index in [0.717, 1.165) is 95.8 Å². The van der Waals surface area contributed by atoms with Gasteiger partial charge in [-0.2, -0.15) is 0 Å². The number of esters is 4. The number of rotatable bonds is 77. The molecule has 0 aromatic carbocycles. The van der Waals surface area contributed by atoms with Crippen LogP contribution in [0.3, 0.4) is 0 Å². The van der Waals surface area contributed by atoms with Crippen molar-refractivity contribution in [3.63, 3.8) is 0 Å². The zero-order valence-electron chi connectivity index (χ0n) is 62.5. The zero-order chi connectivity index (χ0) is 70.5. The molecule has 0 saturated carbocycles. The maximum atomic E-state index is 13.1. The Labute approximate surface area is 588 Å². The van der Waals surface area contributed by atoms with Crippen LogP contribution in [0.2, 0.25) is 0 Å². The van der Waals surface area contributed by atoms with Crippen molar-refractivity contribution in [3.8, 4) is 0 Å². The molecule has 0 spiro atoms. The molecule has 0 aliphatic heterocycles. The lowest BCUT2D eigenvalue weighted by Gasteiger charge is -2.21. The van der Waals surface area contributed by atoms with E-state index >= 15 is 0 Å². The van der Waals surface area contributed by atoms with Gasteiger partial charge in [0.1, 0.15) is 19.3 Å². The number of aliphatic hydroxyl groups is 1. The minimum Gasteiger partial charge on any atom is -0.462 e. The molecule has 3 N–H and O–H groups in total. The monoisotopic (exact) mass is 1410 g/mol. The quantitative estimate of drug-likeness (QED) is 0.0222. The van der Waals surface area contributed by atoms with Gasteiger partial charge in [0.05, 0.1) is 26.4 Å². The second-order valence-corrected chi connectivity index (χ2v) is 31.1. The molecule has 0 heterocycles. The van der Waals surface area contributed by atoms with Crippen LogP contribution in [0.5, 0.6) is 0 Å². The lowest BCUT2D eigenvalue weighted by atomic mass is 10.0. The third-order valence-electron chi connectivity index (χ3n) is 18.0. The van der Waals surface area contributed by atoms with E-state index < -0.39 is 97.5 Å². The summed E-state index contributed by atoms with van der Waals surface area (Å²) in [6.07, 6.45) is 59.7. The summed E-state index contributed by atoms with van der Waals surface area (Å²) in [7, 11) is -9.91. The molecule has 0 aromatic heterocycles. The summed E-state index contributed by atoms with van der Waals surface area (Å²) >= 11 is 0. The highest BCUT2D eigenvalue weighted by molar-refractivity contribution is 7.47. The molecule has 0 radical (unpaired) electrons. The second-order valence-electron chi connectivity index (χ2n) is 28.2. The highest BCUT2D eigenvalue weighted by atomic mass is 31.2. The smallest absolute Gasteiger partial charge is 0.462 e. The minimum absolute atomic E-state index is 0.108. The predicted octanol–water partition coefficient (Wildman–Crippen LogP) is 22.9. The molecule has 19 heteroatoms. The molecule has 0 aliphatic carbocycles. The van der Waals surface area contributed by atoms with Gasteiger partial charge in [0.15, 0.2) is 12.2 Å². The van der Waals surface area contributed by atoms with E-state index in [0.29, 0.717) is 25.7 Å². The molecule has 0 saturated heterocycles. The van der Waals surface area contributed by atoms with Gasteiger partial charge in [-0.05, 0) is 31.6 Å². The van der Waals surface area contributed by atoms with E-state index in [1.165, 1.54) is 231 Å². The lowest BCUT2D eigenvalue weighted by Crippen LogP contribution is -2.30. The van der Waals surface area contributed by atoms with Crippen molar-refractivity contribution < 1.29 is 80.2 Å². The summed E-state index contributed by atoms with van der Waals surface area (Å²) in [4.78, 5) is 72.8. The average Bonchev–Trinajstić information content (AvgIpc) is 1.18. The van der Waals surface area contributed by atoms with Crippen LogP contribution >= 0.6 is 15.6 Å². The van der Waals surface area contributed by atoms with Crippen LogP contribution in [0, 0.1) is 5.92 Å². The molecular formula is C77H150O17P2. The first-order valence-corrected chi connectivity index (χ1v) is 43.1. The average molecular weight is 1410 g/mol. The molecule has 96 heavy (non-hydrogen) atoms. The first-order chi connectivity index (χ1) is 46.5. The summed E-state index contributed by atoms with van der Waals surface area (Å²) in [5.41, 5.74) is 0. The fourth-order valence-electron chi connectivity index (χ4n) is 11.9. The number of carbonyl (C=O) groups excluding carboxylic acids is 4. The van der Waals surface area contributed by atoms with Gasteiger partial charge >= 0.3 is 39.5 Å². The fraction of sp³-hybridized carbons (Fsp3) is 0.948. The van der Waals surface area contributed by atoms with Crippen molar-refractivity contribution in [3.05, 3.63) is 0 Å². The van der Waals surface area contributed by atoms with Crippen molar-refractivity contribution in [1.82, 2.24) is 0 Å². The summed E-state index contributed by atoms with van der Waals surface area (Å²) in [6, 6.07) is 0. The molecule has 17 nitrogen and oxygen atoms in total. The summed E-state index contributed by atoms with van der Waals surface area (Å²) in [5.74, 6) is -1.37. The van der Waals surface area contributed by atoms with E-state index in [-0.39, 0.29) is 25.7 Å². The Bertz CT molecular complexity index is 1840. The van der Waals surface area contributed by atoms with Gasteiger partial charge in [-0.3, -0.25) is 37.3 Å². The SMILES string of the molecule is CCCCCCCCCCCCCCCCCCCCCCCC(=O)O[C@H](COC(=O)CCCCCCCCCCCC(C)C)COP(=O)(O)OC[C@@H](O)COP(=O)(O)OC[C@@H](COC(=O)CCCCCCCCCCCCC)OC(=O)CCCCCCCCCCCCCC. The number of hydrogen-bond donors (Lipinski definition) is 3. The van der Waals surface area contributed by atoms with Crippen LogP contribution in [0.25, 0.3) is 0 Å². The van der Waals surface area contributed by atoms with Gasteiger partial charge < -0.3 is 33.8 Å². The Hall–Kier alpha value is -1.94. The number of unbranched alkanes of at least 4 members (excludes halogenated alkanes) is 49. The zero-order valence-corrected chi connectivity index (χ0v) is 64.3. The number of hydrogen-bond acceptors (Lipinski definition) is 15. The van der Waals surface area contributed by atoms with Gasteiger partial charge in [-0.25, -0.2) is 9.13 Å². The maximum absolute atomic E-state index is 13.1. The molecule has 0 rings (SSSR count). The van der Waals surface area contributed by atoms with E-state index in [1.54, 1.807) is 0 Å². The topological polar surface area (TPSA) is 237 Å². The second kappa shape index (κ2) is 70.1. The highest BCUT2D eigenvalue weighted by Crippen LogP contribution is 2.45. The van der Waals surface area contributed by atoms with Gasteiger partial charge in [0.2, 0.25) is 0 Å². The van der Waals surface area contributed by atoms with Crippen molar-refractivity contribution in [2.45, 2.75) is 425 Å². The molecule has 0 bridgehead atoms. The first kappa shape index (κ1) is 94.1. The van der Waals surface area contributed by atoms with E-state index in [4.69, 9.17) is 37.0 Å². The van der Waals surface area contributed by atoms with Gasteiger partial charge in [-0.1, -0.05) is 356 Å². The molecule has 2 unspecified atom stereocenters. The lowest BCUT2D eigenvalue weighted by molar-refractivity contribution is -0.161. The van der Waals surface area contributed by atoms with Crippen LogP contribution < -0.4 is 0 Å². The highest BCUT2D eigenvalue weighted by Gasteiger charge is 2.30.